The summed E-state index contributed by atoms with van der Waals surface area (Å²) in [6.45, 7) is 6.85. The summed E-state index contributed by atoms with van der Waals surface area (Å²) in [5, 5.41) is 13.8. The Morgan fingerprint density at radius 2 is 2.00 bits per heavy atom. The fourth-order valence-corrected chi connectivity index (χ4v) is 3.81. The number of aliphatic imine (C=N–C) groups is 1. The van der Waals surface area contributed by atoms with E-state index in [1.54, 1.807) is 17.1 Å². The average Bonchev–Trinajstić information content (AvgIpc) is 3.16. The third kappa shape index (κ3) is 6.11. The number of aromatic nitrogens is 3. The number of rotatable bonds is 10. The van der Waals surface area contributed by atoms with Gasteiger partial charge in [-0.3, -0.25) is 14.7 Å². The molecule has 1 N–H and O–H groups in total. The first-order valence-corrected chi connectivity index (χ1v) is 11.8. The molecule has 0 aliphatic heterocycles. The van der Waals surface area contributed by atoms with Crippen molar-refractivity contribution in [2.75, 3.05) is 6.61 Å². The van der Waals surface area contributed by atoms with E-state index in [2.05, 4.69) is 60.0 Å². The highest BCUT2D eigenvalue weighted by Gasteiger charge is 2.13. The molecule has 2 heterocycles. The molecule has 3 aromatic rings. The van der Waals surface area contributed by atoms with Crippen molar-refractivity contribution in [3.05, 3.63) is 114 Å². The summed E-state index contributed by atoms with van der Waals surface area (Å²) in [4.78, 5) is 9.04. The van der Waals surface area contributed by atoms with Crippen LogP contribution in [0.5, 0.6) is 5.88 Å². The lowest BCUT2D eigenvalue weighted by molar-refractivity contribution is 0.260. The minimum absolute atomic E-state index is 0.0111. The summed E-state index contributed by atoms with van der Waals surface area (Å²) in [6.07, 6.45) is 17.2. The van der Waals surface area contributed by atoms with Crippen LogP contribution >= 0.6 is 0 Å². The van der Waals surface area contributed by atoms with E-state index < -0.39 is 0 Å². The number of pyridine rings is 1. The Labute approximate surface area is 206 Å². The van der Waals surface area contributed by atoms with Gasteiger partial charge in [0.25, 0.3) is 0 Å². The Hall–Kier alpha value is -4.03. The van der Waals surface area contributed by atoms with E-state index in [4.69, 9.17) is 9.73 Å². The van der Waals surface area contributed by atoms with E-state index in [0.29, 0.717) is 19.0 Å². The van der Waals surface area contributed by atoms with Crippen LogP contribution in [0.15, 0.2) is 108 Å². The first-order chi connectivity index (χ1) is 17.2. The third-order valence-corrected chi connectivity index (χ3v) is 5.68. The second-order valence-corrected chi connectivity index (χ2v) is 8.05. The number of hydrogen-bond acceptors (Lipinski definition) is 5. The molecule has 0 saturated heterocycles. The third-order valence-electron chi connectivity index (χ3n) is 5.68. The molecule has 1 aliphatic rings. The van der Waals surface area contributed by atoms with Gasteiger partial charge in [-0.05, 0) is 47.2 Å². The molecule has 4 rings (SSSR count). The molecule has 1 aromatic carbocycles. The Balaban J connectivity index is 1.50. The Morgan fingerprint density at radius 1 is 1.20 bits per heavy atom. The summed E-state index contributed by atoms with van der Waals surface area (Å²) >= 11 is 0. The van der Waals surface area contributed by atoms with Gasteiger partial charge in [0.15, 0.2) is 0 Å². The van der Waals surface area contributed by atoms with Crippen molar-refractivity contribution >= 4 is 5.71 Å². The summed E-state index contributed by atoms with van der Waals surface area (Å²) in [6, 6.07) is 12.1. The molecule has 0 saturated carbocycles. The highest BCUT2D eigenvalue weighted by atomic mass is 16.5. The maximum atomic E-state index is 9.30. The van der Waals surface area contributed by atoms with E-state index in [-0.39, 0.29) is 6.61 Å². The molecule has 178 valence electrons. The molecule has 0 amide bonds. The van der Waals surface area contributed by atoms with Gasteiger partial charge in [0.05, 0.1) is 24.4 Å². The first-order valence-electron chi connectivity index (χ1n) is 11.8. The van der Waals surface area contributed by atoms with Gasteiger partial charge in [0.1, 0.15) is 6.61 Å². The fraction of sp³-hybridized carbons (Fsp3) is 0.207. The van der Waals surface area contributed by atoms with Gasteiger partial charge >= 0.3 is 0 Å². The molecule has 35 heavy (non-hydrogen) atoms. The van der Waals surface area contributed by atoms with Crippen molar-refractivity contribution in [3.8, 4) is 17.0 Å². The molecular formula is C29H30N4O2. The summed E-state index contributed by atoms with van der Waals surface area (Å²) in [5.74, 6) is 0.530. The molecule has 0 atom stereocenters. The summed E-state index contributed by atoms with van der Waals surface area (Å²) in [7, 11) is 0. The monoisotopic (exact) mass is 466 g/mol. The Bertz CT molecular complexity index is 1270. The van der Waals surface area contributed by atoms with Gasteiger partial charge in [-0.2, -0.15) is 0 Å². The van der Waals surface area contributed by atoms with Crippen molar-refractivity contribution in [1.29, 1.82) is 0 Å². The van der Waals surface area contributed by atoms with Crippen LogP contribution in [0, 0.1) is 0 Å². The van der Waals surface area contributed by atoms with Crippen LogP contribution in [-0.2, 0) is 13.2 Å². The van der Waals surface area contributed by atoms with Gasteiger partial charge in [-0.1, -0.05) is 68.1 Å². The van der Waals surface area contributed by atoms with Crippen LogP contribution in [0.3, 0.4) is 0 Å². The van der Waals surface area contributed by atoms with Crippen molar-refractivity contribution < 1.29 is 9.84 Å². The first kappa shape index (κ1) is 24.1. The highest BCUT2D eigenvalue weighted by molar-refractivity contribution is 6.01. The van der Waals surface area contributed by atoms with Crippen molar-refractivity contribution in [2.24, 2.45) is 4.99 Å². The average molecular weight is 467 g/mol. The van der Waals surface area contributed by atoms with Crippen molar-refractivity contribution in [3.63, 3.8) is 0 Å². The van der Waals surface area contributed by atoms with Crippen LogP contribution in [0.2, 0.25) is 0 Å². The van der Waals surface area contributed by atoms with Gasteiger partial charge in [-0.25, -0.2) is 0 Å². The van der Waals surface area contributed by atoms with Crippen LogP contribution in [0.25, 0.3) is 11.1 Å². The number of aliphatic hydroxyl groups excluding tert-OH is 1. The van der Waals surface area contributed by atoms with Crippen LogP contribution in [-0.4, -0.2) is 32.2 Å². The molecular weight excluding hydrogens is 436 g/mol. The fourth-order valence-electron chi connectivity index (χ4n) is 3.81. The van der Waals surface area contributed by atoms with Gasteiger partial charge in [0, 0.05) is 24.3 Å². The molecule has 0 fully saturated rings. The quantitative estimate of drug-likeness (QED) is 0.391. The Morgan fingerprint density at radius 3 is 2.71 bits per heavy atom. The van der Waals surface area contributed by atoms with Gasteiger partial charge < -0.3 is 9.84 Å². The number of benzene rings is 1. The SMILES string of the molecule is C=CC1=CC=CCC=C1N=C(CC)c1ccc(COc2nn(CCO)cc2-c2ccncc2)cc1. The zero-order valence-electron chi connectivity index (χ0n) is 20.0. The lowest BCUT2D eigenvalue weighted by atomic mass is 10.0. The minimum atomic E-state index is 0.0111. The topological polar surface area (TPSA) is 72.5 Å². The zero-order valence-corrected chi connectivity index (χ0v) is 20.0. The molecule has 0 spiro atoms. The molecule has 0 unspecified atom stereocenters. The van der Waals surface area contributed by atoms with Crippen LogP contribution in [0.4, 0.5) is 0 Å². The van der Waals surface area contributed by atoms with E-state index in [1.807, 2.05) is 36.6 Å². The van der Waals surface area contributed by atoms with Crippen molar-refractivity contribution in [2.45, 2.75) is 32.9 Å². The largest absolute Gasteiger partial charge is 0.471 e. The number of allylic oxidation sites excluding steroid dienone is 5. The summed E-state index contributed by atoms with van der Waals surface area (Å²) in [5.41, 5.74) is 6.97. The molecule has 0 bridgehead atoms. The number of ether oxygens (including phenoxy) is 1. The Kier molecular flexibility index (Phi) is 8.20. The van der Waals surface area contributed by atoms with Gasteiger partial charge in [0.2, 0.25) is 5.88 Å². The second-order valence-electron chi connectivity index (χ2n) is 8.05. The second kappa shape index (κ2) is 11.9. The van der Waals surface area contributed by atoms with E-state index in [0.717, 1.165) is 52.1 Å². The van der Waals surface area contributed by atoms with E-state index in [1.165, 1.54) is 0 Å². The lowest BCUT2D eigenvalue weighted by Crippen LogP contribution is -2.04. The van der Waals surface area contributed by atoms with Crippen LogP contribution < -0.4 is 4.74 Å². The molecule has 6 nitrogen and oxygen atoms in total. The predicted octanol–water partition coefficient (Wildman–Crippen LogP) is 5.67. The maximum absolute atomic E-state index is 9.30. The number of hydrogen-bond donors (Lipinski definition) is 1. The minimum Gasteiger partial charge on any atom is -0.471 e. The van der Waals surface area contributed by atoms with Crippen LogP contribution in [0.1, 0.15) is 30.9 Å². The molecule has 6 heteroatoms. The summed E-state index contributed by atoms with van der Waals surface area (Å²) < 4.78 is 7.79. The van der Waals surface area contributed by atoms with Crippen molar-refractivity contribution in [1.82, 2.24) is 14.8 Å². The standard InChI is InChI=1S/C29H30N4O2/c1-3-23-8-6-5-7-9-28(23)31-27(4-2)25-12-10-22(11-13-25)21-35-29-26(20-33(32-29)18-19-34)24-14-16-30-17-15-24/h3,5-6,8-17,20,34H,1,4,7,18-19,21H2,2H3. The van der Waals surface area contributed by atoms with Gasteiger partial charge in [-0.15, -0.1) is 5.10 Å². The smallest absolute Gasteiger partial charge is 0.241 e. The maximum Gasteiger partial charge on any atom is 0.241 e. The lowest BCUT2D eigenvalue weighted by Gasteiger charge is -2.10. The zero-order chi connectivity index (χ0) is 24.5. The molecule has 1 aliphatic carbocycles. The van der Waals surface area contributed by atoms with E-state index >= 15 is 0 Å². The molecule has 2 aromatic heterocycles. The normalized spacial score (nSPS) is 13.7. The molecule has 0 radical (unpaired) electrons. The predicted molar refractivity (Wildman–Crippen MR) is 140 cm³/mol. The van der Waals surface area contributed by atoms with E-state index in [9.17, 15) is 5.11 Å². The highest BCUT2D eigenvalue weighted by Crippen LogP contribution is 2.29. The number of aliphatic hydroxyl groups is 1. The number of nitrogens with zero attached hydrogens (tertiary/aromatic N) is 4.